The molecular formula is C20H23N5O3S. The van der Waals surface area contributed by atoms with Crippen LogP contribution in [0.4, 0.5) is 5.69 Å². The molecule has 0 fully saturated rings. The van der Waals surface area contributed by atoms with E-state index in [0.29, 0.717) is 17.8 Å². The van der Waals surface area contributed by atoms with Gasteiger partial charge in [0.1, 0.15) is 5.56 Å². The molecule has 29 heavy (non-hydrogen) atoms. The Morgan fingerprint density at radius 2 is 1.93 bits per heavy atom. The Hall–Kier alpha value is -3.20. The van der Waals surface area contributed by atoms with Crippen LogP contribution >= 0.6 is 12.2 Å². The van der Waals surface area contributed by atoms with Crippen LogP contribution in [0.15, 0.2) is 44.9 Å². The number of H-pyrrole nitrogens is 1. The second-order valence-corrected chi connectivity index (χ2v) is 7.18. The zero-order chi connectivity index (χ0) is 21.3. The van der Waals surface area contributed by atoms with Crippen molar-refractivity contribution >= 4 is 24.1 Å². The first-order chi connectivity index (χ1) is 13.8. The number of aromatic amines is 1. The molecule has 0 saturated heterocycles. The molecule has 2 aromatic heterocycles. The molecule has 0 bridgehead atoms. The van der Waals surface area contributed by atoms with Crippen LogP contribution in [0.2, 0.25) is 0 Å². The number of benzene rings is 1. The van der Waals surface area contributed by atoms with E-state index in [2.05, 4.69) is 9.98 Å². The van der Waals surface area contributed by atoms with E-state index in [1.807, 2.05) is 44.2 Å². The highest BCUT2D eigenvalue weighted by atomic mass is 32.1. The summed E-state index contributed by atoms with van der Waals surface area (Å²) in [4.78, 5) is 32.1. The molecule has 9 heteroatoms. The van der Waals surface area contributed by atoms with Crippen molar-refractivity contribution in [2.75, 3.05) is 0 Å². The number of aromatic hydroxyl groups is 1. The van der Waals surface area contributed by atoms with Crippen molar-refractivity contribution in [2.45, 2.75) is 33.2 Å². The molecule has 2 heterocycles. The fraction of sp³-hybridized carbons (Fsp3) is 0.300. The Bertz CT molecular complexity index is 1250. The van der Waals surface area contributed by atoms with Gasteiger partial charge < -0.3 is 5.11 Å². The molecule has 0 aliphatic rings. The minimum Gasteiger partial charge on any atom is -0.494 e. The fourth-order valence-corrected chi connectivity index (χ4v) is 3.45. The van der Waals surface area contributed by atoms with Crippen molar-refractivity contribution in [2.24, 2.45) is 12.0 Å². The van der Waals surface area contributed by atoms with Crippen LogP contribution < -0.4 is 11.1 Å². The number of hydrogen-bond acceptors (Lipinski definition) is 5. The van der Waals surface area contributed by atoms with Crippen LogP contribution in [0.1, 0.15) is 37.6 Å². The molecule has 0 spiro atoms. The molecule has 0 amide bonds. The Kier molecular flexibility index (Phi) is 5.69. The van der Waals surface area contributed by atoms with E-state index in [-0.39, 0.29) is 33.5 Å². The maximum absolute atomic E-state index is 12.9. The van der Waals surface area contributed by atoms with E-state index in [4.69, 9.17) is 12.2 Å². The lowest BCUT2D eigenvalue weighted by molar-refractivity contribution is 0.371. The van der Waals surface area contributed by atoms with Crippen LogP contribution in [-0.4, -0.2) is 30.2 Å². The molecule has 0 saturated carbocycles. The molecule has 0 aliphatic heterocycles. The lowest BCUT2D eigenvalue weighted by Crippen LogP contribution is -2.20. The smallest absolute Gasteiger partial charge is 0.297 e. The van der Waals surface area contributed by atoms with Gasteiger partial charge in [-0.3, -0.25) is 23.8 Å². The predicted octanol–water partition coefficient (Wildman–Crippen LogP) is 3.13. The highest BCUT2D eigenvalue weighted by molar-refractivity contribution is 7.71. The number of hydrogen-bond donors (Lipinski definition) is 2. The number of nitrogens with zero attached hydrogens (tertiary/aromatic N) is 4. The van der Waals surface area contributed by atoms with Gasteiger partial charge in [0.25, 0.3) is 11.1 Å². The van der Waals surface area contributed by atoms with Gasteiger partial charge in [0, 0.05) is 19.3 Å². The Morgan fingerprint density at radius 3 is 2.55 bits per heavy atom. The quantitative estimate of drug-likeness (QED) is 0.496. The van der Waals surface area contributed by atoms with E-state index in [1.165, 1.54) is 15.5 Å². The summed E-state index contributed by atoms with van der Waals surface area (Å²) in [6, 6.07) is 9.09. The van der Waals surface area contributed by atoms with Crippen molar-refractivity contribution < 1.29 is 5.11 Å². The summed E-state index contributed by atoms with van der Waals surface area (Å²) in [5.74, 6) is -0.270. The van der Waals surface area contributed by atoms with E-state index in [1.54, 1.807) is 18.7 Å². The molecule has 1 atom stereocenters. The summed E-state index contributed by atoms with van der Waals surface area (Å²) in [5, 5.41) is 10.6. The number of para-hydroxylation sites is 1. The molecule has 1 aromatic carbocycles. The normalized spacial score (nSPS) is 12.6. The van der Waals surface area contributed by atoms with Crippen molar-refractivity contribution in [1.29, 1.82) is 0 Å². The summed E-state index contributed by atoms with van der Waals surface area (Å²) in [6.07, 6.45) is 1.92. The van der Waals surface area contributed by atoms with Gasteiger partial charge in [-0.05, 0) is 44.6 Å². The molecule has 0 aliphatic carbocycles. The first kappa shape index (κ1) is 20.5. The van der Waals surface area contributed by atoms with E-state index < -0.39 is 5.56 Å². The standard InChI is InChI=1S/C20H23N5O3S/c1-5-12(2)24-18(27)15(17(26)22-20(24)29)11-21-16-13(3)23(4)25(19(16)28)14-9-7-6-8-10-14/h6-12,27H,5H2,1-4H3,(H,22,26,29)/t12-/m1/s1. The van der Waals surface area contributed by atoms with Gasteiger partial charge in [0.2, 0.25) is 5.88 Å². The second-order valence-electron chi connectivity index (χ2n) is 6.79. The number of nitrogens with one attached hydrogen (secondary N) is 1. The average Bonchev–Trinajstić information content (AvgIpc) is 2.90. The van der Waals surface area contributed by atoms with Crippen LogP contribution in [0.3, 0.4) is 0 Å². The SMILES string of the molecule is CC[C@@H](C)n1c(O)c(C=Nc2c(C)n(C)n(-c3ccccc3)c2=O)c(=O)[nH]c1=S. The Morgan fingerprint density at radius 1 is 1.28 bits per heavy atom. The molecule has 2 N–H and O–H groups in total. The lowest BCUT2D eigenvalue weighted by atomic mass is 10.2. The van der Waals surface area contributed by atoms with Crippen LogP contribution in [0, 0.1) is 11.7 Å². The lowest BCUT2D eigenvalue weighted by Gasteiger charge is -2.16. The summed E-state index contributed by atoms with van der Waals surface area (Å²) < 4.78 is 4.80. The zero-order valence-electron chi connectivity index (χ0n) is 16.7. The van der Waals surface area contributed by atoms with E-state index >= 15 is 0 Å². The Balaban J connectivity index is 2.14. The zero-order valence-corrected chi connectivity index (χ0v) is 17.5. The van der Waals surface area contributed by atoms with Gasteiger partial charge in [-0.25, -0.2) is 9.67 Å². The van der Waals surface area contributed by atoms with Crippen molar-refractivity contribution in [3.8, 4) is 11.6 Å². The minimum atomic E-state index is -0.562. The Labute approximate surface area is 172 Å². The largest absolute Gasteiger partial charge is 0.494 e. The third-order valence-corrected chi connectivity index (χ3v) is 5.33. The number of aliphatic imine (C=N–C) groups is 1. The maximum atomic E-state index is 12.9. The van der Waals surface area contributed by atoms with Gasteiger partial charge in [0.15, 0.2) is 10.5 Å². The fourth-order valence-electron chi connectivity index (χ4n) is 3.09. The van der Waals surface area contributed by atoms with Crippen LogP contribution in [-0.2, 0) is 7.05 Å². The van der Waals surface area contributed by atoms with Crippen molar-refractivity contribution in [3.05, 3.63) is 67.1 Å². The third-order valence-electron chi connectivity index (χ3n) is 5.03. The third kappa shape index (κ3) is 3.61. The van der Waals surface area contributed by atoms with Gasteiger partial charge in [-0.2, -0.15) is 0 Å². The molecule has 152 valence electrons. The molecule has 0 unspecified atom stereocenters. The number of rotatable bonds is 5. The highest BCUT2D eigenvalue weighted by Gasteiger charge is 2.17. The maximum Gasteiger partial charge on any atom is 0.297 e. The average molecular weight is 414 g/mol. The first-order valence-corrected chi connectivity index (χ1v) is 9.64. The number of aromatic nitrogens is 4. The summed E-state index contributed by atoms with van der Waals surface area (Å²) in [7, 11) is 1.76. The molecule has 3 rings (SSSR count). The molecule has 3 aromatic rings. The highest BCUT2D eigenvalue weighted by Crippen LogP contribution is 2.21. The topological polar surface area (TPSA) is 97.3 Å². The first-order valence-electron chi connectivity index (χ1n) is 9.23. The molecule has 0 radical (unpaired) electrons. The van der Waals surface area contributed by atoms with Gasteiger partial charge in [0.05, 0.1) is 11.4 Å². The summed E-state index contributed by atoms with van der Waals surface area (Å²) in [6.45, 7) is 5.60. The summed E-state index contributed by atoms with van der Waals surface area (Å²) in [5.41, 5.74) is 0.586. The van der Waals surface area contributed by atoms with Crippen molar-refractivity contribution in [1.82, 2.24) is 18.9 Å². The molecule has 8 nitrogen and oxygen atoms in total. The van der Waals surface area contributed by atoms with Crippen molar-refractivity contribution in [3.63, 3.8) is 0 Å². The van der Waals surface area contributed by atoms with E-state index in [9.17, 15) is 14.7 Å². The second kappa shape index (κ2) is 8.04. The van der Waals surface area contributed by atoms with Gasteiger partial charge in [-0.15, -0.1) is 0 Å². The van der Waals surface area contributed by atoms with Crippen LogP contribution in [0.5, 0.6) is 5.88 Å². The van der Waals surface area contributed by atoms with E-state index in [0.717, 1.165) is 0 Å². The predicted molar refractivity (Wildman–Crippen MR) is 116 cm³/mol. The van der Waals surface area contributed by atoms with Crippen LogP contribution in [0.25, 0.3) is 5.69 Å². The van der Waals surface area contributed by atoms with Gasteiger partial charge >= 0.3 is 0 Å². The minimum absolute atomic E-state index is 0.0483. The van der Waals surface area contributed by atoms with Gasteiger partial charge in [-0.1, -0.05) is 25.1 Å². The summed E-state index contributed by atoms with van der Waals surface area (Å²) >= 11 is 5.17. The molecular weight excluding hydrogens is 390 g/mol. The monoisotopic (exact) mass is 413 g/mol.